The third-order valence-corrected chi connectivity index (χ3v) is 6.11. The van der Waals surface area contributed by atoms with Gasteiger partial charge in [0.05, 0.1) is 0 Å². The Morgan fingerprint density at radius 2 is 1.73 bits per heavy atom. The van der Waals surface area contributed by atoms with Gasteiger partial charge in [0.1, 0.15) is 11.8 Å². The van der Waals surface area contributed by atoms with Gasteiger partial charge < -0.3 is 15.2 Å². The van der Waals surface area contributed by atoms with E-state index in [1.165, 1.54) is 4.90 Å². The predicted molar refractivity (Wildman–Crippen MR) is 145 cm³/mol. The van der Waals surface area contributed by atoms with Crippen molar-refractivity contribution >= 4 is 40.8 Å². The van der Waals surface area contributed by atoms with E-state index in [1.807, 2.05) is 46.8 Å². The Morgan fingerprint density at radius 3 is 2.35 bits per heavy atom. The van der Waals surface area contributed by atoms with Gasteiger partial charge in [-0.3, -0.25) is 19.3 Å². The molecule has 1 heterocycles. The Kier molecular flexibility index (Phi) is 8.76. The second kappa shape index (κ2) is 11.6. The van der Waals surface area contributed by atoms with Gasteiger partial charge in [-0.05, 0) is 64.8 Å². The number of rotatable bonds is 8. The third kappa shape index (κ3) is 7.20. The quantitative estimate of drug-likeness (QED) is 0.395. The molecule has 3 rings (SSSR count). The summed E-state index contributed by atoms with van der Waals surface area (Å²) in [6.07, 6.45) is -0.248. The van der Waals surface area contributed by atoms with E-state index in [0.717, 1.165) is 11.1 Å². The molecule has 0 aliphatic rings. The molecule has 0 fully saturated rings. The Bertz CT molecular complexity index is 1300. The third-order valence-electron chi connectivity index (χ3n) is 5.77. The summed E-state index contributed by atoms with van der Waals surface area (Å²) in [5.74, 6) is -0.331. The lowest BCUT2D eigenvalue weighted by molar-refractivity contribution is -0.128. The van der Waals surface area contributed by atoms with E-state index < -0.39 is 23.4 Å². The van der Waals surface area contributed by atoms with Crippen molar-refractivity contribution in [2.75, 3.05) is 10.2 Å². The Labute approximate surface area is 222 Å². The molecule has 8 nitrogen and oxygen atoms in total. The van der Waals surface area contributed by atoms with E-state index >= 15 is 0 Å². The van der Waals surface area contributed by atoms with Crippen LogP contribution in [0.1, 0.15) is 62.1 Å². The SMILES string of the molecule is Cc1cc(NC(=O)CCC(=O)N(c2cccc(C)c2C)[C@@H](C(=O)NC(C)(C)C)c2ccccc2Cl)no1. The number of halogens is 1. The molecule has 2 N–H and O–H groups in total. The summed E-state index contributed by atoms with van der Waals surface area (Å²) < 4.78 is 4.97. The van der Waals surface area contributed by atoms with Crippen LogP contribution in [0.5, 0.6) is 0 Å². The molecule has 2 aromatic carbocycles. The normalized spacial score (nSPS) is 12.1. The number of hydrogen-bond donors (Lipinski definition) is 2. The highest BCUT2D eigenvalue weighted by Crippen LogP contribution is 2.35. The Balaban J connectivity index is 2.02. The molecule has 0 unspecified atom stereocenters. The molecular weight excluding hydrogens is 492 g/mol. The van der Waals surface area contributed by atoms with Gasteiger partial charge in [-0.15, -0.1) is 0 Å². The highest BCUT2D eigenvalue weighted by molar-refractivity contribution is 6.31. The maximum Gasteiger partial charge on any atom is 0.248 e. The molecule has 3 aromatic rings. The zero-order valence-corrected chi connectivity index (χ0v) is 22.8. The Hall–Kier alpha value is -3.65. The van der Waals surface area contributed by atoms with Gasteiger partial charge in [0.25, 0.3) is 0 Å². The molecule has 1 aromatic heterocycles. The lowest BCUT2D eigenvalue weighted by atomic mass is 9.98. The molecule has 9 heteroatoms. The van der Waals surface area contributed by atoms with Crippen LogP contribution in [0.15, 0.2) is 53.1 Å². The lowest BCUT2D eigenvalue weighted by Gasteiger charge is -2.35. The van der Waals surface area contributed by atoms with E-state index in [9.17, 15) is 14.4 Å². The van der Waals surface area contributed by atoms with Crippen molar-refractivity contribution in [3.8, 4) is 0 Å². The van der Waals surface area contributed by atoms with Crippen molar-refractivity contribution in [3.05, 3.63) is 76.0 Å². The summed E-state index contributed by atoms with van der Waals surface area (Å²) in [5, 5.41) is 9.73. The Morgan fingerprint density at radius 1 is 1.03 bits per heavy atom. The number of carbonyl (C=O) groups is 3. The standard InChI is InChI=1S/C28H33ClN4O4/c1-17-10-9-13-22(19(17)3)33(25(35)15-14-24(34)30-23-16-18(2)37-32-23)26(27(36)31-28(4,5)6)20-11-7-8-12-21(20)29/h7-13,16,26H,14-15H2,1-6H3,(H,31,36)(H,30,32,34)/t26-/m1/s1. The first-order valence-electron chi connectivity index (χ1n) is 12.1. The highest BCUT2D eigenvalue weighted by Gasteiger charge is 2.36. The molecule has 0 saturated heterocycles. The largest absolute Gasteiger partial charge is 0.360 e. The fourth-order valence-corrected chi connectivity index (χ4v) is 4.16. The summed E-state index contributed by atoms with van der Waals surface area (Å²) in [7, 11) is 0. The van der Waals surface area contributed by atoms with Gasteiger partial charge in [-0.25, -0.2) is 0 Å². The molecular formula is C28H33ClN4O4. The summed E-state index contributed by atoms with van der Waals surface area (Å²) in [6, 6.07) is 13.1. The number of aromatic nitrogens is 1. The fraction of sp³-hybridized carbons (Fsp3) is 0.357. The minimum Gasteiger partial charge on any atom is -0.360 e. The van der Waals surface area contributed by atoms with Crippen molar-refractivity contribution in [1.29, 1.82) is 0 Å². The number of amides is 3. The minimum atomic E-state index is -1.05. The molecule has 37 heavy (non-hydrogen) atoms. The minimum absolute atomic E-state index is 0.109. The van der Waals surface area contributed by atoms with Crippen molar-refractivity contribution in [3.63, 3.8) is 0 Å². The zero-order valence-electron chi connectivity index (χ0n) is 22.0. The molecule has 3 amide bonds. The van der Waals surface area contributed by atoms with E-state index in [2.05, 4.69) is 15.8 Å². The van der Waals surface area contributed by atoms with E-state index in [4.69, 9.17) is 16.1 Å². The van der Waals surface area contributed by atoms with Crippen LogP contribution in [-0.2, 0) is 14.4 Å². The zero-order chi connectivity index (χ0) is 27.3. The lowest BCUT2D eigenvalue weighted by Crippen LogP contribution is -2.49. The second-order valence-electron chi connectivity index (χ2n) is 10.0. The first-order valence-corrected chi connectivity index (χ1v) is 12.4. The highest BCUT2D eigenvalue weighted by atomic mass is 35.5. The number of benzene rings is 2. The average molecular weight is 525 g/mol. The van der Waals surface area contributed by atoms with Crippen LogP contribution in [0.25, 0.3) is 0 Å². The summed E-state index contributed by atoms with van der Waals surface area (Å²) >= 11 is 6.56. The van der Waals surface area contributed by atoms with Gasteiger partial charge in [-0.1, -0.05) is 47.1 Å². The van der Waals surface area contributed by atoms with Crippen LogP contribution in [0.4, 0.5) is 11.5 Å². The predicted octanol–water partition coefficient (Wildman–Crippen LogP) is 5.66. The van der Waals surface area contributed by atoms with Crippen molar-refractivity contribution in [2.45, 2.75) is 66.0 Å². The summed E-state index contributed by atoms with van der Waals surface area (Å²) in [6.45, 7) is 11.2. The second-order valence-corrected chi connectivity index (χ2v) is 10.4. The molecule has 0 radical (unpaired) electrons. The smallest absolute Gasteiger partial charge is 0.248 e. The van der Waals surface area contributed by atoms with Crippen LogP contribution < -0.4 is 15.5 Å². The van der Waals surface area contributed by atoms with Crippen LogP contribution in [0.2, 0.25) is 5.02 Å². The number of anilines is 2. The maximum atomic E-state index is 13.9. The van der Waals surface area contributed by atoms with Crippen molar-refractivity contribution < 1.29 is 18.9 Å². The van der Waals surface area contributed by atoms with Gasteiger partial charge in [0.15, 0.2) is 5.82 Å². The number of nitrogens with zero attached hydrogens (tertiary/aromatic N) is 2. The van der Waals surface area contributed by atoms with E-state index in [0.29, 0.717) is 22.0 Å². The molecule has 0 spiro atoms. The van der Waals surface area contributed by atoms with Crippen LogP contribution in [0.3, 0.4) is 0 Å². The van der Waals surface area contributed by atoms with Gasteiger partial charge >= 0.3 is 0 Å². The molecule has 0 aliphatic carbocycles. The number of carbonyl (C=O) groups excluding carboxylic acids is 3. The molecule has 0 saturated carbocycles. The topological polar surface area (TPSA) is 105 Å². The van der Waals surface area contributed by atoms with E-state index in [-0.39, 0.29) is 24.6 Å². The molecule has 196 valence electrons. The van der Waals surface area contributed by atoms with Crippen LogP contribution in [-0.4, -0.2) is 28.4 Å². The molecule has 1 atom stereocenters. The number of hydrogen-bond acceptors (Lipinski definition) is 5. The van der Waals surface area contributed by atoms with Crippen LogP contribution in [0, 0.1) is 20.8 Å². The monoisotopic (exact) mass is 524 g/mol. The summed E-state index contributed by atoms with van der Waals surface area (Å²) in [5.41, 5.74) is 2.32. The van der Waals surface area contributed by atoms with Crippen LogP contribution >= 0.6 is 11.6 Å². The number of nitrogens with one attached hydrogen (secondary N) is 2. The summed E-state index contributed by atoms with van der Waals surface area (Å²) in [4.78, 5) is 41.6. The first-order chi connectivity index (χ1) is 17.4. The van der Waals surface area contributed by atoms with Gasteiger partial charge in [0, 0.05) is 40.7 Å². The molecule has 0 aliphatic heterocycles. The van der Waals surface area contributed by atoms with E-state index in [1.54, 1.807) is 43.3 Å². The first kappa shape index (κ1) is 27.9. The van der Waals surface area contributed by atoms with Gasteiger partial charge in [0.2, 0.25) is 17.7 Å². The van der Waals surface area contributed by atoms with Crippen molar-refractivity contribution in [2.24, 2.45) is 0 Å². The van der Waals surface area contributed by atoms with Gasteiger partial charge in [-0.2, -0.15) is 0 Å². The number of aryl methyl sites for hydroxylation is 2. The van der Waals surface area contributed by atoms with Crippen molar-refractivity contribution in [1.82, 2.24) is 10.5 Å². The maximum absolute atomic E-state index is 13.9. The fourth-order valence-electron chi connectivity index (χ4n) is 3.92. The molecule has 0 bridgehead atoms. The average Bonchev–Trinajstić information content (AvgIpc) is 3.22.